The van der Waals surface area contributed by atoms with E-state index in [2.05, 4.69) is 23.8 Å². The van der Waals surface area contributed by atoms with Crippen LogP contribution in [0.1, 0.15) is 38.7 Å². The highest BCUT2D eigenvalue weighted by molar-refractivity contribution is 6.16. The minimum atomic E-state index is -0.592. The number of hydrogen-bond acceptors (Lipinski definition) is 2. The van der Waals surface area contributed by atoms with Gasteiger partial charge in [0.15, 0.2) is 0 Å². The third-order valence-electron chi connectivity index (χ3n) is 2.38. The third-order valence-corrected chi connectivity index (χ3v) is 2.38. The molecule has 0 fully saturated rings. The maximum atomic E-state index is 11.4. The van der Waals surface area contributed by atoms with Gasteiger partial charge in [-0.25, -0.2) is 4.79 Å². The Bertz CT molecular complexity index is 480. The Labute approximate surface area is 114 Å². The van der Waals surface area contributed by atoms with Gasteiger partial charge in [-0.2, -0.15) is 4.99 Å². The van der Waals surface area contributed by atoms with Crippen LogP contribution in [0.15, 0.2) is 35.3 Å². The summed E-state index contributed by atoms with van der Waals surface area (Å²) in [6.45, 7) is 4.18. The quantitative estimate of drug-likeness (QED) is 0.467. The minimum Gasteiger partial charge on any atom is -0.448 e. The first-order valence-corrected chi connectivity index (χ1v) is 6.57. The fourth-order valence-electron chi connectivity index (χ4n) is 1.42. The largest absolute Gasteiger partial charge is 0.448 e. The van der Waals surface area contributed by atoms with E-state index in [-0.39, 0.29) is 0 Å². The number of carbonyl (C=O) groups is 1. The number of rotatable bonds is 4. The second-order valence-corrected chi connectivity index (χ2v) is 3.93. The van der Waals surface area contributed by atoms with Crippen molar-refractivity contribution in [1.29, 1.82) is 0 Å². The van der Waals surface area contributed by atoms with Crippen molar-refractivity contribution in [3.05, 3.63) is 35.9 Å². The lowest BCUT2D eigenvalue weighted by molar-refractivity contribution is 0.163. The van der Waals surface area contributed by atoms with E-state index in [0.29, 0.717) is 12.3 Å². The first-order chi connectivity index (χ1) is 9.27. The number of ether oxygens (including phenoxy) is 1. The fourth-order valence-corrected chi connectivity index (χ4v) is 1.42. The molecular weight excluding hydrogens is 238 g/mol. The van der Waals surface area contributed by atoms with Crippen LogP contribution in [0.2, 0.25) is 0 Å². The standard InChI is InChI=1S/C16H19NO2/c1-3-5-6-10-13-15(17-16(18)19-4-2)14-11-8-7-9-12-14/h7-9,11-12H,3-6H2,1-2H3/b17-15-. The molecule has 0 radical (unpaired) electrons. The van der Waals surface area contributed by atoms with Crippen LogP contribution in [0.25, 0.3) is 0 Å². The summed E-state index contributed by atoms with van der Waals surface area (Å²) in [6.07, 6.45) is 2.37. The Morgan fingerprint density at radius 2 is 2.00 bits per heavy atom. The summed E-state index contributed by atoms with van der Waals surface area (Å²) in [5, 5.41) is 0. The van der Waals surface area contributed by atoms with E-state index in [1.54, 1.807) is 6.92 Å². The number of benzene rings is 1. The Morgan fingerprint density at radius 1 is 1.26 bits per heavy atom. The topological polar surface area (TPSA) is 38.7 Å². The molecule has 0 aliphatic heterocycles. The van der Waals surface area contributed by atoms with E-state index >= 15 is 0 Å². The van der Waals surface area contributed by atoms with Gasteiger partial charge in [-0.1, -0.05) is 49.6 Å². The molecular formula is C16H19NO2. The zero-order valence-electron chi connectivity index (χ0n) is 11.5. The first-order valence-electron chi connectivity index (χ1n) is 6.57. The molecule has 0 aliphatic rings. The number of aliphatic imine (C=N–C) groups is 1. The molecule has 0 N–H and O–H groups in total. The molecule has 0 spiro atoms. The normalized spacial score (nSPS) is 10.5. The molecule has 0 bridgehead atoms. The van der Waals surface area contributed by atoms with Gasteiger partial charge in [0.25, 0.3) is 0 Å². The van der Waals surface area contributed by atoms with Crippen molar-refractivity contribution in [3.63, 3.8) is 0 Å². The zero-order valence-corrected chi connectivity index (χ0v) is 11.5. The van der Waals surface area contributed by atoms with Gasteiger partial charge in [-0.05, 0) is 19.3 Å². The van der Waals surface area contributed by atoms with E-state index in [0.717, 1.165) is 24.8 Å². The summed E-state index contributed by atoms with van der Waals surface area (Å²) in [7, 11) is 0. The van der Waals surface area contributed by atoms with Gasteiger partial charge in [0, 0.05) is 12.0 Å². The maximum Gasteiger partial charge on any atom is 0.434 e. The molecule has 3 heteroatoms. The summed E-state index contributed by atoms with van der Waals surface area (Å²) in [4.78, 5) is 15.4. The number of amides is 1. The van der Waals surface area contributed by atoms with Gasteiger partial charge in [0.1, 0.15) is 5.71 Å². The van der Waals surface area contributed by atoms with Gasteiger partial charge in [-0.15, -0.1) is 0 Å². The Balaban J connectivity index is 2.90. The van der Waals surface area contributed by atoms with Crippen LogP contribution >= 0.6 is 0 Å². The number of nitrogens with zero attached hydrogens (tertiary/aromatic N) is 1. The average Bonchev–Trinajstić information content (AvgIpc) is 2.43. The molecule has 0 saturated heterocycles. The number of carbonyl (C=O) groups excluding carboxylic acids is 1. The predicted octanol–water partition coefficient (Wildman–Crippen LogP) is 3.83. The lowest BCUT2D eigenvalue weighted by Gasteiger charge is -1.99. The van der Waals surface area contributed by atoms with E-state index in [9.17, 15) is 4.79 Å². The van der Waals surface area contributed by atoms with Crippen molar-refractivity contribution >= 4 is 11.8 Å². The number of hydrogen-bond donors (Lipinski definition) is 0. The van der Waals surface area contributed by atoms with Crippen molar-refractivity contribution in [3.8, 4) is 11.8 Å². The molecule has 1 aromatic carbocycles. The zero-order chi connectivity index (χ0) is 13.9. The van der Waals surface area contributed by atoms with Crippen LogP contribution in [-0.2, 0) is 4.74 Å². The van der Waals surface area contributed by atoms with Gasteiger partial charge in [0.05, 0.1) is 6.61 Å². The van der Waals surface area contributed by atoms with Crippen molar-refractivity contribution in [2.75, 3.05) is 6.61 Å². The van der Waals surface area contributed by atoms with Crippen molar-refractivity contribution < 1.29 is 9.53 Å². The summed E-state index contributed by atoms with van der Waals surface area (Å²) in [5.41, 5.74) is 1.30. The van der Waals surface area contributed by atoms with E-state index < -0.39 is 6.09 Å². The molecule has 19 heavy (non-hydrogen) atoms. The average molecular weight is 257 g/mol. The van der Waals surface area contributed by atoms with Crippen LogP contribution in [0.4, 0.5) is 4.79 Å². The summed E-state index contributed by atoms with van der Waals surface area (Å²) in [5.74, 6) is 6.00. The molecule has 0 aromatic heterocycles. The summed E-state index contributed by atoms with van der Waals surface area (Å²) < 4.78 is 4.83. The highest BCUT2D eigenvalue weighted by Crippen LogP contribution is 2.02. The summed E-state index contributed by atoms with van der Waals surface area (Å²) >= 11 is 0. The van der Waals surface area contributed by atoms with E-state index in [1.165, 1.54) is 0 Å². The van der Waals surface area contributed by atoms with Gasteiger partial charge < -0.3 is 4.74 Å². The third kappa shape index (κ3) is 5.87. The highest BCUT2D eigenvalue weighted by Gasteiger charge is 2.04. The minimum absolute atomic E-state index is 0.313. The second kappa shape index (κ2) is 8.93. The predicted molar refractivity (Wildman–Crippen MR) is 77.3 cm³/mol. The lowest BCUT2D eigenvalue weighted by Crippen LogP contribution is -2.05. The monoisotopic (exact) mass is 257 g/mol. The smallest absolute Gasteiger partial charge is 0.434 e. The molecule has 1 amide bonds. The number of unbranched alkanes of at least 4 members (excludes halogenated alkanes) is 2. The SMILES string of the molecule is CCCCC#C/C(=N/C(=O)OCC)c1ccccc1. The highest BCUT2D eigenvalue weighted by atomic mass is 16.5. The molecule has 1 rings (SSSR count). The van der Waals surface area contributed by atoms with E-state index in [4.69, 9.17) is 4.74 Å². The van der Waals surface area contributed by atoms with Crippen LogP contribution in [0, 0.1) is 11.8 Å². The molecule has 0 heterocycles. The lowest BCUT2D eigenvalue weighted by atomic mass is 10.1. The van der Waals surface area contributed by atoms with E-state index in [1.807, 2.05) is 30.3 Å². The summed E-state index contributed by atoms with van der Waals surface area (Å²) in [6, 6.07) is 9.46. The molecule has 100 valence electrons. The van der Waals surface area contributed by atoms with Gasteiger partial charge >= 0.3 is 6.09 Å². The second-order valence-electron chi connectivity index (χ2n) is 3.93. The Morgan fingerprint density at radius 3 is 2.63 bits per heavy atom. The van der Waals surface area contributed by atoms with Crippen LogP contribution in [0.3, 0.4) is 0 Å². The molecule has 1 aromatic rings. The molecule has 0 aliphatic carbocycles. The Hall–Kier alpha value is -2.08. The van der Waals surface area contributed by atoms with Crippen LogP contribution in [-0.4, -0.2) is 18.4 Å². The molecule has 3 nitrogen and oxygen atoms in total. The van der Waals surface area contributed by atoms with Crippen LogP contribution < -0.4 is 0 Å². The Kier molecular flexibility index (Phi) is 7.04. The first kappa shape index (κ1) is 15.0. The van der Waals surface area contributed by atoms with Crippen LogP contribution in [0.5, 0.6) is 0 Å². The van der Waals surface area contributed by atoms with Gasteiger partial charge in [0.2, 0.25) is 0 Å². The maximum absolute atomic E-state index is 11.4. The fraction of sp³-hybridized carbons (Fsp3) is 0.375. The molecule has 0 unspecified atom stereocenters. The molecule has 0 atom stereocenters. The van der Waals surface area contributed by atoms with Gasteiger partial charge in [-0.3, -0.25) is 0 Å². The van der Waals surface area contributed by atoms with Crippen molar-refractivity contribution in [2.24, 2.45) is 4.99 Å². The van der Waals surface area contributed by atoms with Crippen molar-refractivity contribution in [2.45, 2.75) is 33.1 Å². The molecule has 0 saturated carbocycles. The van der Waals surface area contributed by atoms with Crippen molar-refractivity contribution in [1.82, 2.24) is 0 Å².